The van der Waals surface area contributed by atoms with E-state index in [1.165, 1.54) is 25.7 Å². The first-order chi connectivity index (χ1) is 30.0. The minimum Gasteiger partial charge on any atom is -0.462 e. The van der Waals surface area contributed by atoms with E-state index in [1.807, 2.05) is 12.2 Å². The van der Waals surface area contributed by atoms with E-state index in [1.54, 1.807) is 0 Å². The Bertz CT molecular complexity index is 1380. The summed E-state index contributed by atoms with van der Waals surface area (Å²) in [4.78, 5) is 37.6. The van der Waals surface area contributed by atoms with Gasteiger partial charge in [0.2, 0.25) is 0 Å². The number of hydrogen-bond donors (Lipinski definition) is 0. The SMILES string of the molecule is CC/C=C\C/C=C\C/C=C\C/C=C\C/C=C\C/C=C\C/C=C\CCCC(=O)OCC(COC(=O)CCCCCCCCC)OC(=O)CC/C=C\C/C=C\C/C=C\C/C=C\CC. The van der Waals surface area contributed by atoms with Crippen LogP contribution < -0.4 is 0 Å². The normalized spacial score (nSPS) is 13.3. The van der Waals surface area contributed by atoms with Crippen LogP contribution in [0.25, 0.3) is 0 Å². The quantitative estimate of drug-likeness (QED) is 0.0265. The first kappa shape index (κ1) is 56.5. The van der Waals surface area contributed by atoms with E-state index in [0.717, 1.165) is 96.3 Å². The molecule has 0 saturated carbocycles. The van der Waals surface area contributed by atoms with Crippen LogP contribution >= 0.6 is 0 Å². The molecule has 0 fully saturated rings. The maximum atomic E-state index is 12.7. The molecule has 0 spiro atoms. The molecule has 6 nitrogen and oxygen atoms in total. The molecule has 0 aliphatic carbocycles. The lowest BCUT2D eigenvalue weighted by Gasteiger charge is -2.18. The Morgan fingerprint density at radius 1 is 0.344 bits per heavy atom. The van der Waals surface area contributed by atoms with Crippen LogP contribution in [0.2, 0.25) is 0 Å². The van der Waals surface area contributed by atoms with E-state index >= 15 is 0 Å². The second-order valence-electron chi connectivity index (χ2n) is 14.9. The first-order valence-corrected chi connectivity index (χ1v) is 23.7. The lowest BCUT2D eigenvalue weighted by Crippen LogP contribution is -2.30. The third kappa shape index (κ3) is 46.5. The number of allylic oxidation sites excluding steroid dienone is 22. The number of carbonyl (C=O) groups is 3. The second kappa shape index (κ2) is 48.2. The minimum atomic E-state index is -0.840. The highest BCUT2D eigenvalue weighted by atomic mass is 16.6. The maximum absolute atomic E-state index is 12.7. The molecule has 0 bridgehead atoms. The van der Waals surface area contributed by atoms with Gasteiger partial charge in [-0.1, -0.05) is 193 Å². The smallest absolute Gasteiger partial charge is 0.306 e. The molecular formula is C55H84O6. The summed E-state index contributed by atoms with van der Waals surface area (Å²) in [5.74, 6) is -1.10. The van der Waals surface area contributed by atoms with E-state index in [-0.39, 0.29) is 38.0 Å². The minimum absolute atomic E-state index is 0.129. The molecule has 0 radical (unpaired) electrons. The summed E-state index contributed by atoms with van der Waals surface area (Å²) in [6.07, 6.45) is 67.6. The molecule has 1 atom stereocenters. The van der Waals surface area contributed by atoms with Gasteiger partial charge >= 0.3 is 17.9 Å². The molecule has 0 amide bonds. The molecule has 0 aromatic rings. The summed E-state index contributed by atoms with van der Waals surface area (Å²) in [6.45, 7) is 6.21. The Morgan fingerprint density at radius 2 is 0.672 bits per heavy atom. The van der Waals surface area contributed by atoms with Gasteiger partial charge in [-0.25, -0.2) is 0 Å². The van der Waals surface area contributed by atoms with Crippen LogP contribution in [0.5, 0.6) is 0 Å². The van der Waals surface area contributed by atoms with Crippen molar-refractivity contribution in [3.8, 4) is 0 Å². The highest BCUT2D eigenvalue weighted by Crippen LogP contribution is 2.10. The van der Waals surface area contributed by atoms with Gasteiger partial charge in [0, 0.05) is 19.3 Å². The second-order valence-corrected chi connectivity index (χ2v) is 14.9. The molecule has 0 heterocycles. The van der Waals surface area contributed by atoms with Crippen molar-refractivity contribution in [1.82, 2.24) is 0 Å². The number of unbranched alkanes of at least 4 members (excludes halogenated alkanes) is 7. The Hall–Kier alpha value is -4.45. The molecule has 0 aliphatic rings. The topological polar surface area (TPSA) is 78.9 Å². The number of rotatable bonds is 40. The monoisotopic (exact) mass is 841 g/mol. The number of esters is 3. The molecule has 0 N–H and O–H groups in total. The van der Waals surface area contributed by atoms with Crippen LogP contribution in [0.4, 0.5) is 0 Å². The summed E-state index contributed by atoms with van der Waals surface area (Å²) in [7, 11) is 0. The molecule has 0 aromatic carbocycles. The predicted octanol–water partition coefficient (Wildman–Crippen LogP) is 15.5. The zero-order chi connectivity index (χ0) is 44.4. The Balaban J connectivity index is 4.47. The highest BCUT2D eigenvalue weighted by molar-refractivity contribution is 5.71. The fourth-order valence-electron chi connectivity index (χ4n) is 5.68. The molecular weight excluding hydrogens is 757 g/mol. The van der Waals surface area contributed by atoms with Crippen LogP contribution in [-0.2, 0) is 28.6 Å². The van der Waals surface area contributed by atoms with Crippen LogP contribution in [0.3, 0.4) is 0 Å². The Kier molecular flexibility index (Phi) is 44.7. The molecule has 340 valence electrons. The molecule has 0 aliphatic heterocycles. The van der Waals surface area contributed by atoms with Gasteiger partial charge in [0.25, 0.3) is 0 Å². The zero-order valence-electron chi connectivity index (χ0n) is 38.6. The van der Waals surface area contributed by atoms with Gasteiger partial charge in [0.1, 0.15) is 13.2 Å². The first-order valence-electron chi connectivity index (χ1n) is 23.7. The van der Waals surface area contributed by atoms with E-state index in [9.17, 15) is 14.4 Å². The van der Waals surface area contributed by atoms with Crippen LogP contribution in [0, 0.1) is 0 Å². The standard InChI is InChI=1S/C55H84O6/c1-4-7-10-13-16-18-20-22-23-24-25-26-27-28-29-30-31-33-34-36-39-42-45-48-54(57)60-51-52(50-59-53(56)47-44-41-38-15-12-9-6-3)61-55(58)49-46-43-40-37-35-32-21-19-17-14-11-8-5-2/h7-8,10-11,16-19,22-23,25-26,28-29,31-33,35-36,39-40,43,52H,4-6,9,12-15,20-21,24,27,30,34,37-38,41-42,44-51H2,1-3H3/b10-7-,11-8-,18-16-,19-17-,23-22-,26-25-,29-28-,33-31-,35-32-,39-36-,43-40-. The van der Waals surface area contributed by atoms with E-state index < -0.39 is 12.1 Å². The zero-order valence-corrected chi connectivity index (χ0v) is 38.6. The van der Waals surface area contributed by atoms with Crippen LogP contribution in [0.1, 0.15) is 175 Å². The summed E-state index contributed by atoms with van der Waals surface area (Å²) in [5.41, 5.74) is 0. The van der Waals surface area contributed by atoms with E-state index in [2.05, 4.69) is 142 Å². The lowest BCUT2D eigenvalue weighted by atomic mass is 10.1. The molecule has 61 heavy (non-hydrogen) atoms. The molecule has 0 rings (SSSR count). The fourth-order valence-corrected chi connectivity index (χ4v) is 5.68. The average Bonchev–Trinajstić information content (AvgIpc) is 3.26. The van der Waals surface area contributed by atoms with E-state index in [0.29, 0.717) is 19.3 Å². The van der Waals surface area contributed by atoms with Crippen molar-refractivity contribution in [3.05, 3.63) is 134 Å². The Labute approximate surface area is 373 Å². The van der Waals surface area contributed by atoms with Crippen molar-refractivity contribution in [2.75, 3.05) is 13.2 Å². The molecule has 1 unspecified atom stereocenters. The van der Waals surface area contributed by atoms with Crippen molar-refractivity contribution >= 4 is 17.9 Å². The van der Waals surface area contributed by atoms with Gasteiger partial charge in [-0.15, -0.1) is 0 Å². The third-order valence-corrected chi connectivity index (χ3v) is 9.16. The highest BCUT2D eigenvalue weighted by Gasteiger charge is 2.19. The third-order valence-electron chi connectivity index (χ3n) is 9.16. The summed E-state index contributed by atoms with van der Waals surface area (Å²) >= 11 is 0. The fraction of sp³-hybridized carbons (Fsp3) is 0.545. The largest absolute Gasteiger partial charge is 0.462 e. The van der Waals surface area contributed by atoms with Crippen molar-refractivity contribution in [3.63, 3.8) is 0 Å². The van der Waals surface area contributed by atoms with Gasteiger partial charge in [-0.3, -0.25) is 14.4 Å². The van der Waals surface area contributed by atoms with Crippen LogP contribution in [-0.4, -0.2) is 37.2 Å². The van der Waals surface area contributed by atoms with Crippen LogP contribution in [0.15, 0.2) is 134 Å². The summed E-state index contributed by atoms with van der Waals surface area (Å²) in [6, 6.07) is 0. The summed E-state index contributed by atoms with van der Waals surface area (Å²) < 4.78 is 16.5. The molecule has 6 heteroatoms. The maximum Gasteiger partial charge on any atom is 0.306 e. The van der Waals surface area contributed by atoms with Gasteiger partial charge in [-0.05, 0) is 96.3 Å². The van der Waals surface area contributed by atoms with Gasteiger partial charge in [0.05, 0.1) is 0 Å². The Morgan fingerprint density at radius 3 is 1.07 bits per heavy atom. The molecule has 0 saturated heterocycles. The van der Waals surface area contributed by atoms with Crippen molar-refractivity contribution in [2.24, 2.45) is 0 Å². The predicted molar refractivity (Wildman–Crippen MR) is 260 cm³/mol. The number of hydrogen-bond acceptors (Lipinski definition) is 6. The lowest BCUT2D eigenvalue weighted by molar-refractivity contribution is -0.166. The molecule has 0 aromatic heterocycles. The summed E-state index contributed by atoms with van der Waals surface area (Å²) in [5, 5.41) is 0. The van der Waals surface area contributed by atoms with Gasteiger partial charge < -0.3 is 14.2 Å². The van der Waals surface area contributed by atoms with Crippen molar-refractivity contribution < 1.29 is 28.6 Å². The number of carbonyl (C=O) groups excluding carboxylic acids is 3. The van der Waals surface area contributed by atoms with Crippen molar-refractivity contribution in [2.45, 2.75) is 181 Å². The van der Waals surface area contributed by atoms with E-state index in [4.69, 9.17) is 14.2 Å². The average molecular weight is 841 g/mol. The van der Waals surface area contributed by atoms with Crippen molar-refractivity contribution in [1.29, 1.82) is 0 Å². The van der Waals surface area contributed by atoms with Gasteiger partial charge in [0.15, 0.2) is 6.10 Å². The number of ether oxygens (including phenoxy) is 3. The van der Waals surface area contributed by atoms with Gasteiger partial charge in [-0.2, -0.15) is 0 Å².